The Morgan fingerprint density at radius 3 is 2.70 bits per heavy atom. The Morgan fingerprint density at radius 1 is 1.20 bits per heavy atom. The van der Waals surface area contributed by atoms with Gasteiger partial charge in [0, 0.05) is 43.3 Å². The summed E-state index contributed by atoms with van der Waals surface area (Å²) >= 11 is 7.63. The molecule has 30 heavy (non-hydrogen) atoms. The Morgan fingerprint density at radius 2 is 2.03 bits per heavy atom. The molecule has 0 bridgehead atoms. The Kier molecular flexibility index (Phi) is 5.14. The molecule has 5 rings (SSSR count). The smallest absolute Gasteiger partial charge is 0.230 e. The zero-order valence-corrected chi connectivity index (χ0v) is 18.1. The van der Waals surface area contributed by atoms with Crippen LogP contribution in [0.5, 0.6) is 5.88 Å². The molecule has 0 aliphatic carbocycles. The van der Waals surface area contributed by atoms with Crippen LogP contribution in [0.15, 0.2) is 47.1 Å². The number of fused-ring (bicyclic) bond motifs is 1. The molecule has 1 aromatic carbocycles. The third kappa shape index (κ3) is 3.45. The fourth-order valence-electron chi connectivity index (χ4n) is 3.95. The first-order chi connectivity index (χ1) is 14.6. The van der Waals surface area contributed by atoms with E-state index < -0.39 is 0 Å². The molecule has 0 saturated carbocycles. The van der Waals surface area contributed by atoms with Crippen molar-refractivity contribution in [3.8, 4) is 5.88 Å². The van der Waals surface area contributed by atoms with Gasteiger partial charge in [-0.3, -0.25) is 4.90 Å². The van der Waals surface area contributed by atoms with Crippen LogP contribution in [0.25, 0.3) is 4.96 Å². The lowest BCUT2D eigenvalue weighted by Crippen LogP contribution is -2.47. The average molecular weight is 444 g/mol. The van der Waals surface area contributed by atoms with Crippen LogP contribution >= 0.6 is 22.9 Å². The molecule has 1 N–H and O–H groups in total. The SMILES string of the molecule is CCc1nc2sc(C(c3ccco3)N3CCN(c4cccc(Cl)c4)CC3)c(O)n2n1. The second-order valence-electron chi connectivity index (χ2n) is 7.29. The minimum Gasteiger partial charge on any atom is -0.492 e. The third-order valence-corrected chi connectivity index (χ3v) is 6.78. The lowest BCUT2D eigenvalue weighted by Gasteiger charge is -2.39. The summed E-state index contributed by atoms with van der Waals surface area (Å²) in [6.07, 6.45) is 2.41. The van der Waals surface area contributed by atoms with E-state index in [2.05, 4.69) is 25.9 Å². The zero-order chi connectivity index (χ0) is 20.7. The molecule has 1 atom stereocenters. The number of halogens is 1. The first-order valence-corrected chi connectivity index (χ1v) is 11.2. The number of aromatic nitrogens is 3. The Hall–Kier alpha value is -2.55. The number of aromatic hydroxyl groups is 1. The fraction of sp³-hybridized carbons (Fsp3) is 0.333. The van der Waals surface area contributed by atoms with Crippen LogP contribution in [0.1, 0.15) is 29.4 Å². The molecule has 1 saturated heterocycles. The highest BCUT2D eigenvalue weighted by Crippen LogP contribution is 2.40. The maximum Gasteiger partial charge on any atom is 0.230 e. The van der Waals surface area contributed by atoms with E-state index in [1.807, 2.05) is 37.3 Å². The molecule has 1 unspecified atom stereocenters. The summed E-state index contributed by atoms with van der Waals surface area (Å²) in [6, 6.07) is 11.6. The van der Waals surface area contributed by atoms with Gasteiger partial charge in [0.2, 0.25) is 10.8 Å². The van der Waals surface area contributed by atoms with Crippen molar-refractivity contribution in [1.82, 2.24) is 19.5 Å². The van der Waals surface area contributed by atoms with E-state index in [0.29, 0.717) is 4.96 Å². The molecule has 0 radical (unpaired) electrons. The minimum absolute atomic E-state index is 0.140. The van der Waals surface area contributed by atoms with Crippen molar-refractivity contribution in [2.45, 2.75) is 19.4 Å². The largest absolute Gasteiger partial charge is 0.492 e. The fourth-order valence-corrected chi connectivity index (χ4v) is 5.25. The maximum absolute atomic E-state index is 10.9. The summed E-state index contributed by atoms with van der Waals surface area (Å²) in [5, 5.41) is 16.1. The second-order valence-corrected chi connectivity index (χ2v) is 8.73. The third-order valence-electron chi connectivity index (χ3n) is 5.47. The molecule has 4 aromatic rings. The van der Waals surface area contributed by atoms with Gasteiger partial charge in [-0.2, -0.15) is 4.52 Å². The molecule has 3 aromatic heterocycles. The van der Waals surface area contributed by atoms with Gasteiger partial charge in [0.15, 0.2) is 5.82 Å². The molecule has 4 heterocycles. The number of nitrogens with zero attached hydrogens (tertiary/aromatic N) is 5. The highest BCUT2D eigenvalue weighted by Gasteiger charge is 2.33. The van der Waals surface area contributed by atoms with E-state index in [9.17, 15) is 5.11 Å². The first kappa shape index (κ1) is 19.4. The van der Waals surface area contributed by atoms with Crippen LogP contribution in [-0.2, 0) is 6.42 Å². The zero-order valence-electron chi connectivity index (χ0n) is 16.5. The molecule has 9 heteroatoms. The number of hydrogen-bond donors (Lipinski definition) is 1. The summed E-state index contributed by atoms with van der Waals surface area (Å²) in [5.74, 6) is 1.68. The van der Waals surface area contributed by atoms with Crippen LogP contribution < -0.4 is 4.90 Å². The number of thiazole rings is 1. The van der Waals surface area contributed by atoms with Gasteiger partial charge >= 0.3 is 0 Å². The van der Waals surface area contributed by atoms with Crippen molar-refractivity contribution in [1.29, 1.82) is 0 Å². The first-order valence-electron chi connectivity index (χ1n) is 9.99. The quantitative estimate of drug-likeness (QED) is 0.498. The van der Waals surface area contributed by atoms with E-state index >= 15 is 0 Å². The van der Waals surface area contributed by atoms with Gasteiger partial charge in [-0.1, -0.05) is 35.9 Å². The van der Waals surface area contributed by atoms with Gasteiger partial charge in [0.1, 0.15) is 11.8 Å². The van der Waals surface area contributed by atoms with Crippen molar-refractivity contribution < 1.29 is 9.52 Å². The minimum atomic E-state index is -0.180. The van der Waals surface area contributed by atoms with Crippen molar-refractivity contribution in [3.05, 3.63) is 64.1 Å². The number of piperazine rings is 1. The predicted molar refractivity (Wildman–Crippen MR) is 118 cm³/mol. The second kappa shape index (κ2) is 7.94. The molecule has 1 fully saturated rings. The van der Waals surface area contributed by atoms with Crippen LogP contribution in [0.3, 0.4) is 0 Å². The van der Waals surface area contributed by atoms with Crippen molar-refractivity contribution in [2.24, 2.45) is 0 Å². The summed E-state index contributed by atoms with van der Waals surface area (Å²) in [7, 11) is 0. The normalized spacial score (nSPS) is 16.4. The van der Waals surface area contributed by atoms with Gasteiger partial charge in [0.25, 0.3) is 0 Å². The Labute approximate surface area is 183 Å². The Balaban J connectivity index is 1.44. The van der Waals surface area contributed by atoms with Gasteiger partial charge in [-0.25, -0.2) is 4.98 Å². The summed E-state index contributed by atoms with van der Waals surface area (Å²) in [5.41, 5.74) is 1.13. The van der Waals surface area contributed by atoms with Gasteiger partial charge in [-0.05, 0) is 30.3 Å². The summed E-state index contributed by atoms with van der Waals surface area (Å²) in [6.45, 7) is 5.37. The van der Waals surface area contributed by atoms with E-state index in [1.165, 1.54) is 15.9 Å². The number of benzene rings is 1. The van der Waals surface area contributed by atoms with Crippen LogP contribution in [-0.4, -0.2) is 50.8 Å². The van der Waals surface area contributed by atoms with Crippen LogP contribution in [0, 0.1) is 0 Å². The van der Waals surface area contributed by atoms with Crippen LogP contribution in [0.4, 0.5) is 5.69 Å². The monoisotopic (exact) mass is 443 g/mol. The Bertz CT molecular complexity index is 1150. The summed E-state index contributed by atoms with van der Waals surface area (Å²) in [4.78, 5) is 10.7. The van der Waals surface area contributed by atoms with Crippen molar-refractivity contribution in [2.75, 3.05) is 31.1 Å². The standard InChI is InChI=1S/C21H22ClN5O2S/c1-2-17-23-21-27(24-17)20(28)19(30-21)18(16-7-4-12-29-16)26-10-8-25(9-11-26)15-6-3-5-14(22)13-15/h3-7,12-13,18,28H,2,8-11H2,1H3. The van der Waals surface area contributed by atoms with E-state index in [0.717, 1.165) is 59.8 Å². The molecule has 0 spiro atoms. The van der Waals surface area contributed by atoms with Gasteiger partial charge in [-0.15, -0.1) is 5.10 Å². The topological polar surface area (TPSA) is 70.0 Å². The van der Waals surface area contributed by atoms with E-state index in [1.54, 1.807) is 6.26 Å². The van der Waals surface area contributed by atoms with E-state index in [4.69, 9.17) is 16.0 Å². The lowest BCUT2D eigenvalue weighted by molar-refractivity contribution is 0.191. The molecule has 1 aliphatic rings. The van der Waals surface area contributed by atoms with Crippen molar-refractivity contribution >= 4 is 33.6 Å². The highest BCUT2D eigenvalue weighted by atomic mass is 35.5. The number of anilines is 1. The lowest BCUT2D eigenvalue weighted by atomic mass is 10.1. The number of hydrogen-bond acceptors (Lipinski definition) is 7. The highest BCUT2D eigenvalue weighted by molar-refractivity contribution is 7.17. The molecular weight excluding hydrogens is 422 g/mol. The van der Waals surface area contributed by atoms with E-state index in [-0.39, 0.29) is 11.9 Å². The number of aryl methyl sites for hydroxylation is 1. The average Bonchev–Trinajstić information content (AvgIpc) is 3.48. The molecule has 156 valence electrons. The predicted octanol–water partition coefficient (Wildman–Crippen LogP) is 4.22. The van der Waals surface area contributed by atoms with Crippen LogP contribution in [0.2, 0.25) is 5.02 Å². The molecular formula is C21H22ClN5O2S. The maximum atomic E-state index is 10.9. The van der Waals surface area contributed by atoms with Gasteiger partial charge in [0.05, 0.1) is 11.1 Å². The van der Waals surface area contributed by atoms with Crippen molar-refractivity contribution in [3.63, 3.8) is 0 Å². The van der Waals surface area contributed by atoms with Gasteiger partial charge < -0.3 is 14.4 Å². The summed E-state index contributed by atoms with van der Waals surface area (Å²) < 4.78 is 7.31. The number of furan rings is 1. The molecule has 0 amide bonds. The molecule has 7 nitrogen and oxygen atoms in total. The molecule has 1 aliphatic heterocycles. The number of rotatable bonds is 5.